The number of rotatable bonds is 6. The maximum Gasteiger partial charge on any atom is 0.263 e. The Morgan fingerprint density at radius 1 is 1.28 bits per heavy atom. The lowest BCUT2D eigenvalue weighted by molar-refractivity contribution is -0.146. The summed E-state index contributed by atoms with van der Waals surface area (Å²) in [6, 6.07) is 10.3. The summed E-state index contributed by atoms with van der Waals surface area (Å²) in [5, 5.41) is 24.2. The van der Waals surface area contributed by atoms with Crippen LogP contribution in [-0.4, -0.2) is 58.2 Å². The molecule has 1 aromatic heterocycles. The third-order valence-corrected chi connectivity index (χ3v) is 7.21. The third kappa shape index (κ3) is 3.67. The standard InChI is InChI=1S/C27H27ClF2N2O4/c1-5-16(24(29)30)12-11-15(2)27-21(17-9-7-6-8-10-17)20(25(34)32(3)4)23(33)26(27,35)22-19(36-27)13-18(28)14-31-22/h5-14,20-21,23-24,33,35H,2H2,1,3-4H3/b12-11-,16-5+/t20-,21-,23-,26+,27+/m1/s1. The van der Waals surface area contributed by atoms with Crippen LogP contribution in [0, 0.1) is 5.92 Å². The zero-order valence-electron chi connectivity index (χ0n) is 20.0. The molecule has 2 N–H and O–H groups in total. The van der Waals surface area contributed by atoms with E-state index in [1.54, 1.807) is 44.4 Å². The molecule has 0 unspecified atom stereocenters. The van der Waals surface area contributed by atoms with Crippen molar-refractivity contribution in [2.75, 3.05) is 14.1 Å². The first-order chi connectivity index (χ1) is 17.0. The van der Waals surface area contributed by atoms with Crippen LogP contribution in [0.5, 0.6) is 5.75 Å². The van der Waals surface area contributed by atoms with Crippen molar-refractivity contribution in [1.29, 1.82) is 0 Å². The van der Waals surface area contributed by atoms with Gasteiger partial charge in [-0.15, -0.1) is 0 Å². The van der Waals surface area contributed by atoms with Crippen LogP contribution in [-0.2, 0) is 10.4 Å². The zero-order valence-corrected chi connectivity index (χ0v) is 20.8. The number of alkyl halides is 2. The number of hydrogen-bond acceptors (Lipinski definition) is 5. The zero-order chi connectivity index (χ0) is 26.4. The van der Waals surface area contributed by atoms with E-state index in [9.17, 15) is 23.8 Å². The predicted molar refractivity (Wildman–Crippen MR) is 132 cm³/mol. The highest BCUT2D eigenvalue weighted by Crippen LogP contribution is 2.66. The molecule has 2 heterocycles. The summed E-state index contributed by atoms with van der Waals surface area (Å²) in [4.78, 5) is 19.0. The molecule has 9 heteroatoms. The molecule has 1 aromatic carbocycles. The minimum absolute atomic E-state index is 0.0101. The third-order valence-electron chi connectivity index (χ3n) is 7.01. The summed E-state index contributed by atoms with van der Waals surface area (Å²) < 4.78 is 33.3. The summed E-state index contributed by atoms with van der Waals surface area (Å²) in [6.07, 6.45) is 0.667. The fourth-order valence-electron chi connectivity index (χ4n) is 5.37. The number of benzene rings is 1. The molecule has 0 bridgehead atoms. The molecular weight excluding hydrogens is 490 g/mol. The lowest BCUT2D eigenvalue weighted by Gasteiger charge is -2.40. The van der Waals surface area contributed by atoms with E-state index in [4.69, 9.17) is 16.3 Å². The summed E-state index contributed by atoms with van der Waals surface area (Å²) in [5.74, 6) is -2.47. The van der Waals surface area contributed by atoms with Crippen LogP contribution in [0.1, 0.15) is 24.1 Å². The number of allylic oxidation sites excluding steroid dienone is 3. The minimum atomic E-state index is -2.74. The van der Waals surface area contributed by atoms with Gasteiger partial charge in [0.15, 0.2) is 11.2 Å². The van der Waals surface area contributed by atoms with Gasteiger partial charge >= 0.3 is 0 Å². The van der Waals surface area contributed by atoms with E-state index in [0.717, 1.165) is 0 Å². The number of carbonyl (C=O) groups is 1. The molecule has 5 atom stereocenters. The molecule has 190 valence electrons. The van der Waals surface area contributed by atoms with Crippen molar-refractivity contribution in [3.05, 3.63) is 94.8 Å². The molecule has 4 rings (SSSR count). The highest BCUT2D eigenvalue weighted by Gasteiger charge is 2.78. The number of amides is 1. The lowest BCUT2D eigenvalue weighted by Crippen LogP contribution is -2.55. The quantitative estimate of drug-likeness (QED) is 0.561. The maximum atomic E-state index is 13.4. The van der Waals surface area contributed by atoms with E-state index in [2.05, 4.69) is 11.6 Å². The van der Waals surface area contributed by atoms with Crippen LogP contribution in [0.2, 0.25) is 5.02 Å². The number of nitrogens with zero attached hydrogens (tertiary/aromatic N) is 2. The molecule has 1 aliphatic heterocycles. The molecule has 0 spiro atoms. The molecule has 0 radical (unpaired) electrons. The number of aromatic nitrogens is 1. The van der Waals surface area contributed by atoms with E-state index in [1.165, 1.54) is 42.3 Å². The van der Waals surface area contributed by atoms with Crippen molar-refractivity contribution in [3.63, 3.8) is 0 Å². The second-order valence-electron chi connectivity index (χ2n) is 9.14. The van der Waals surface area contributed by atoms with Gasteiger partial charge in [-0.1, -0.05) is 66.7 Å². The molecule has 1 fully saturated rings. The van der Waals surface area contributed by atoms with Crippen molar-refractivity contribution in [2.45, 2.75) is 36.6 Å². The highest BCUT2D eigenvalue weighted by atomic mass is 35.5. The van der Waals surface area contributed by atoms with Gasteiger partial charge in [-0.2, -0.15) is 0 Å². The number of carbonyl (C=O) groups excluding carboxylic acids is 1. The van der Waals surface area contributed by atoms with Crippen molar-refractivity contribution in [3.8, 4) is 5.75 Å². The Hall–Kier alpha value is -3.07. The van der Waals surface area contributed by atoms with Crippen molar-refractivity contribution >= 4 is 17.5 Å². The average Bonchev–Trinajstić information content (AvgIpc) is 3.21. The molecule has 0 saturated heterocycles. The topological polar surface area (TPSA) is 82.9 Å². The second kappa shape index (κ2) is 9.42. The normalized spacial score (nSPS) is 29.2. The number of aliphatic hydroxyl groups is 2. The van der Waals surface area contributed by atoms with Gasteiger partial charge in [0.2, 0.25) is 5.91 Å². The number of halogens is 3. The predicted octanol–water partition coefficient (Wildman–Crippen LogP) is 4.24. The van der Waals surface area contributed by atoms with Crippen LogP contribution in [0.25, 0.3) is 0 Å². The second-order valence-corrected chi connectivity index (χ2v) is 9.58. The Kier molecular flexibility index (Phi) is 6.81. The molecule has 36 heavy (non-hydrogen) atoms. The van der Waals surface area contributed by atoms with Crippen molar-refractivity contribution in [2.24, 2.45) is 5.92 Å². The maximum absolute atomic E-state index is 13.4. The van der Waals surface area contributed by atoms with Gasteiger partial charge in [0.25, 0.3) is 6.43 Å². The number of ether oxygens (including phenoxy) is 1. The van der Waals surface area contributed by atoms with E-state index < -0.39 is 41.5 Å². The van der Waals surface area contributed by atoms with Crippen LogP contribution < -0.4 is 4.74 Å². The Bertz CT molecular complexity index is 1250. The Morgan fingerprint density at radius 2 is 1.94 bits per heavy atom. The van der Waals surface area contributed by atoms with Crippen molar-refractivity contribution < 1.29 is 28.5 Å². The van der Waals surface area contributed by atoms with Crippen LogP contribution in [0.15, 0.2) is 78.5 Å². The van der Waals surface area contributed by atoms with E-state index in [1.807, 2.05) is 0 Å². The SMILES string of the molecule is C=C(/C=C\C(=C/C)C(F)F)[C@@]12Oc3cc(Cl)cnc3[C@]1(O)[C@H](O)[C@H](C(=O)N(C)C)[C@H]2c1ccccc1. The monoisotopic (exact) mass is 516 g/mol. The molecule has 1 aliphatic carbocycles. The Morgan fingerprint density at radius 3 is 2.53 bits per heavy atom. The van der Waals surface area contributed by atoms with Crippen LogP contribution >= 0.6 is 11.6 Å². The van der Waals surface area contributed by atoms with Gasteiger partial charge in [0.05, 0.1) is 10.9 Å². The molecule has 1 saturated carbocycles. The number of pyridine rings is 1. The first-order valence-electron chi connectivity index (χ1n) is 11.3. The highest BCUT2D eigenvalue weighted by molar-refractivity contribution is 6.30. The van der Waals surface area contributed by atoms with Gasteiger partial charge in [0.1, 0.15) is 17.5 Å². The fourth-order valence-corrected chi connectivity index (χ4v) is 5.52. The fraction of sp³-hybridized carbons (Fsp3) is 0.333. The molecule has 2 aromatic rings. The van der Waals surface area contributed by atoms with Gasteiger partial charge in [-0.3, -0.25) is 9.78 Å². The minimum Gasteiger partial charge on any atom is -0.476 e. The van der Waals surface area contributed by atoms with Gasteiger partial charge in [0, 0.05) is 37.8 Å². The Labute approximate surface area is 213 Å². The van der Waals surface area contributed by atoms with Gasteiger partial charge in [-0.05, 0) is 18.1 Å². The van der Waals surface area contributed by atoms with Crippen LogP contribution in [0.3, 0.4) is 0 Å². The lowest BCUT2D eigenvalue weighted by atomic mass is 9.71. The Balaban J connectivity index is 2.02. The van der Waals surface area contributed by atoms with E-state index >= 15 is 0 Å². The molecule has 2 aliphatic rings. The first kappa shape index (κ1) is 26.0. The number of fused-ring (bicyclic) bond motifs is 3. The van der Waals surface area contributed by atoms with E-state index in [0.29, 0.717) is 5.56 Å². The van der Waals surface area contributed by atoms with Crippen LogP contribution in [0.4, 0.5) is 8.78 Å². The molecular formula is C27H27ClF2N2O4. The molecule has 1 amide bonds. The van der Waals surface area contributed by atoms with Gasteiger partial charge < -0.3 is 19.8 Å². The summed E-state index contributed by atoms with van der Waals surface area (Å²) in [6.45, 7) is 5.58. The summed E-state index contributed by atoms with van der Waals surface area (Å²) in [7, 11) is 3.09. The number of aliphatic hydroxyl groups excluding tert-OH is 1. The summed E-state index contributed by atoms with van der Waals surface area (Å²) in [5.41, 5.74) is -3.71. The average molecular weight is 517 g/mol. The number of hydrogen-bond donors (Lipinski definition) is 2. The first-order valence-corrected chi connectivity index (χ1v) is 11.7. The van der Waals surface area contributed by atoms with E-state index in [-0.39, 0.29) is 27.6 Å². The smallest absolute Gasteiger partial charge is 0.263 e. The largest absolute Gasteiger partial charge is 0.476 e. The summed E-state index contributed by atoms with van der Waals surface area (Å²) >= 11 is 6.14. The van der Waals surface area contributed by atoms with Crippen molar-refractivity contribution in [1.82, 2.24) is 9.88 Å². The molecule has 6 nitrogen and oxygen atoms in total. The van der Waals surface area contributed by atoms with Gasteiger partial charge in [-0.25, -0.2) is 8.78 Å².